The van der Waals surface area contributed by atoms with Crippen LogP contribution >= 0.6 is 0 Å². The summed E-state index contributed by atoms with van der Waals surface area (Å²) < 4.78 is 5.26. The number of aliphatic hydroxyl groups excluding tert-OH is 1. The van der Waals surface area contributed by atoms with Gasteiger partial charge >= 0.3 is 0 Å². The van der Waals surface area contributed by atoms with E-state index in [1.165, 1.54) is 5.70 Å². The predicted molar refractivity (Wildman–Crippen MR) is 39.4 cm³/mol. The summed E-state index contributed by atoms with van der Waals surface area (Å²) in [6.07, 6.45) is 2.09. The number of rotatable bonds is 1. The molecule has 0 unspecified atom stereocenters. The Morgan fingerprint density at radius 3 is 3.36 bits per heavy atom. The molecule has 0 aromatic heterocycles. The molecule has 1 saturated heterocycles. The van der Waals surface area contributed by atoms with Crippen LogP contribution in [0.2, 0.25) is 0 Å². The summed E-state index contributed by atoms with van der Waals surface area (Å²) in [4.78, 5) is 0. The molecule has 62 valence electrons. The van der Waals surface area contributed by atoms with Crippen LogP contribution in [0.4, 0.5) is 0 Å². The largest absolute Gasteiger partial charge is 0.379 e. The molecular formula is C7H12N2O2. The summed E-state index contributed by atoms with van der Waals surface area (Å²) in [5.74, 6) is 0. The number of hydrogen-bond acceptors (Lipinski definition) is 4. The second-order valence-corrected chi connectivity index (χ2v) is 2.70. The van der Waals surface area contributed by atoms with Gasteiger partial charge in [0.05, 0.1) is 25.5 Å². The van der Waals surface area contributed by atoms with Crippen LogP contribution < -0.4 is 0 Å². The molecule has 1 N–H and O–H groups in total. The number of morpholine rings is 1. The van der Waals surface area contributed by atoms with Crippen LogP contribution in [-0.4, -0.2) is 48.2 Å². The van der Waals surface area contributed by atoms with Crippen LogP contribution in [0.3, 0.4) is 0 Å². The lowest BCUT2D eigenvalue weighted by Gasteiger charge is -2.33. The quantitative estimate of drug-likeness (QED) is 0.549. The number of hydrazine groups is 1. The first-order chi connectivity index (χ1) is 5.42. The molecule has 0 saturated carbocycles. The summed E-state index contributed by atoms with van der Waals surface area (Å²) in [7, 11) is 0. The van der Waals surface area contributed by atoms with Crippen molar-refractivity contribution in [3.8, 4) is 0 Å². The Kier molecular flexibility index (Phi) is 1.81. The van der Waals surface area contributed by atoms with Gasteiger partial charge in [-0.25, -0.2) is 0 Å². The van der Waals surface area contributed by atoms with Crippen LogP contribution in [0, 0.1) is 0 Å². The van der Waals surface area contributed by atoms with Gasteiger partial charge in [-0.3, -0.25) is 0 Å². The molecule has 0 atom stereocenters. The van der Waals surface area contributed by atoms with E-state index in [1.54, 1.807) is 0 Å². The Morgan fingerprint density at radius 2 is 2.55 bits per heavy atom. The van der Waals surface area contributed by atoms with E-state index >= 15 is 0 Å². The Bertz CT molecular complexity index is 181. The van der Waals surface area contributed by atoms with E-state index in [0.717, 1.165) is 19.7 Å². The molecular weight excluding hydrogens is 144 g/mol. The van der Waals surface area contributed by atoms with Gasteiger partial charge in [0.15, 0.2) is 0 Å². The monoisotopic (exact) mass is 156 g/mol. The number of hydrogen-bond donors (Lipinski definition) is 1. The maximum Gasteiger partial charge on any atom is 0.113 e. The van der Waals surface area contributed by atoms with Crippen molar-refractivity contribution >= 4 is 0 Å². The van der Waals surface area contributed by atoms with Crippen molar-refractivity contribution in [2.45, 2.75) is 0 Å². The zero-order valence-electron chi connectivity index (χ0n) is 6.36. The van der Waals surface area contributed by atoms with E-state index in [9.17, 15) is 0 Å². The third kappa shape index (κ3) is 1.13. The fourth-order valence-corrected chi connectivity index (χ4v) is 1.48. The molecule has 2 rings (SSSR count). The van der Waals surface area contributed by atoms with Crippen LogP contribution in [0.5, 0.6) is 0 Å². The number of ether oxygens (including phenoxy) is 1. The fraction of sp³-hybridized carbons (Fsp3) is 0.714. The van der Waals surface area contributed by atoms with Crippen LogP contribution in [-0.2, 0) is 4.74 Å². The minimum Gasteiger partial charge on any atom is -0.379 e. The maximum absolute atomic E-state index is 8.92. The van der Waals surface area contributed by atoms with Gasteiger partial charge in [0.1, 0.15) is 6.73 Å². The van der Waals surface area contributed by atoms with Crippen molar-refractivity contribution in [3.05, 3.63) is 11.8 Å². The third-order valence-corrected chi connectivity index (χ3v) is 2.07. The summed E-state index contributed by atoms with van der Waals surface area (Å²) >= 11 is 0. The molecule has 0 aromatic rings. The first kappa shape index (κ1) is 7.09. The highest BCUT2D eigenvalue weighted by molar-refractivity contribution is 5.08. The molecule has 2 aliphatic rings. The van der Waals surface area contributed by atoms with Gasteiger partial charge < -0.3 is 14.9 Å². The zero-order chi connectivity index (χ0) is 7.68. The molecule has 0 aliphatic carbocycles. The highest BCUT2D eigenvalue weighted by atomic mass is 16.5. The first-order valence-corrected chi connectivity index (χ1v) is 3.82. The minimum atomic E-state index is 0.0972. The van der Waals surface area contributed by atoms with Gasteiger partial charge in [-0.15, -0.1) is 0 Å². The van der Waals surface area contributed by atoms with E-state index < -0.39 is 0 Å². The number of nitrogens with zero attached hydrogens (tertiary/aromatic N) is 2. The summed E-state index contributed by atoms with van der Waals surface area (Å²) in [6, 6.07) is 0. The highest BCUT2D eigenvalue weighted by Crippen LogP contribution is 2.18. The molecule has 2 aliphatic heterocycles. The van der Waals surface area contributed by atoms with E-state index in [0.29, 0.717) is 6.61 Å². The highest BCUT2D eigenvalue weighted by Gasteiger charge is 2.25. The second-order valence-electron chi connectivity index (χ2n) is 2.70. The topological polar surface area (TPSA) is 35.9 Å². The molecule has 2 heterocycles. The Morgan fingerprint density at radius 1 is 1.64 bits per heavy atom. The lowest BCUT2D eigenvalue weighted by molar-refractivity contribution is -0.0739. The molecule has 4 heteroatoms. The minimum absolute atomic E-state index is 0.0972. The fourth-order valence-electron chi connectivity index (χ4n) is 1.48. The molecule has 11 heavy (non-hydrogen) atoms. The molecule has 0 bridgehead atoms. The molecule has 0 aromatic carbocycles. The summed E-state index contributed by atoms with van der Waals surface area (Å²) in [5.41, 5.74) is 1.19. The predicted octanol–water partition coefficient (Wildman–Crippen LogP) is -0.617. The zero-order valence-corrected chi connectivity index (χ0v) is 6.36. The average Bonchev–Trinajstić information content (AvgIpc) is 2.47. The van der Waals surface area contributed by atoms with Gasteiger partial charge in [-0.2, -0.15) is 5.01 Å². The van der Waals surface area contributed by atoms with Crippen molar-refractivity contribution in [3.63, 3.8) is 0 Å². The SMILES string of the molecule is OCN1CC=C2COCCN21. The Labute approximate surface area is 65.6 Å². The van der Waals surface area contributed by atoms with E-state index in [1.807, 2.05) is 5.01 Å². The van der Waals surface area contributed by atoms with E-state index in [-0.39, 0.29) is 6.73 Å². The first-order valence-electron chi connectivity index (χ1n) is 3.82. The van der Waals surface area contributed by atoms with Crippen LogP contribution in [0.1, 0.15) is 0 Å². The van der Waals surface area contributed by atoms with Crippen molar-refractivity contribution in [1.82, 2.24) is 10.0 Å². The Hall–Kier alpha value is -0.580. The second kappa shape index (κ2) is 2.81. The summed E-state index contributed by atoms with van der Waals surface area (Å²) in [6.45, 7) is 3.23. The molecule has 4 nitrogen and oxygen atoms in total. The lowest BCUT2D eigenvalue weighted by Crippen LogP contribution is -2.43. The van der Waals surface area contributed by atoms with Crippen LogP contribution in [0.15, 0.2) is 11.8 Å². The average molecular weight is 156 g/mol. The van der Waals surface area contributed by atoms with E-state index in [4.69, 9.17) is 9.84 Å². The number of fused-ring (bicyclic) bond motifs is 1. The van der Waals surface area contributed by atoms with Crippen molar-refractivity contribution < 1.29 is 9.84 Å². The molecule has 0 radical (unpaired) electrons. The normalized spacial score (nSPS) is 25.2. The van der Waals surface area contributed by atoms with Gasteiger partial charge in [0, 0.05) is 6.54 Å². The maximum atomic E-state index is 8.92. The number of aliphatic hydroxyl groups is 1. The lowest BCUT2D eigenvalue weighted by atomic mass is 10.4. The van der Waals surface area contributed by atoms with Crippen molar-refractivity contribution in [2.24, 2.45) is 0 Å². The third-order valence-electron chi connectivity index (χ3n) is 2.07. The van der Waals surface area contributed by atoms with Gasteiger partial charge in [0.2, 0.25) is 0 Å². The van der Waals surface area contributed by atoms with Crippen molar-refractivity contribution in [2.75, 3.05) is 33.0 Å². The Balaban J connectivity index is 2.05. The van der Waals surface area contributed by atoms with Gasteiger partial charge in [-0.05, 0) is 6.08 Å². The van der Waals surface area contributed by atoms with E-state index in [2.05, 4.69) is 11.1 Å². The van der Waals surface area contributed by atoms with Gasteiger partial charge in [-0.1, -0.05) is 0 Å². The molecule has 0 amide bonds. The van der Waals surface area contributed by atoms with Gasteiger partial charge in [0.25, 0.3) is 0 Å². The smallest absolute Gasteiger partial charge is 0.113 e. The standard InChI is InChI=1S/C7H12N2O2/c10-6-8-2-1-7-5-11-4-3-9(7)8/h1,10H,2-6H2. The summed E-state index contributed by atoms with van der Waals surface area (Å²) in [5, 5.41) is 12.9. The van der Waals surface area contributed by atoms with Crippen molar-refractivity contribution in [1.29, 1.82) is 0 Å². The van der Waals surface area contributed by atoms with Crippen LogP contribution in [0.25, 0.3) is 0 Å². The molecule has 0 spiro atoms. The molecule has 1 fully saturated rings.